The van der Waals surface area contributed by atoms with E-state index in [4.69, 9.17) is 0 Å². The van der Waals surface area contributed by atoms with Gasteiger partial charge < -0.3 is 0 Å². The predicted octanol–water partition coefficient (Wildman–Crippen LogP) is 3.34. The molecule has 0 aliphatic heterocycles. The lowest BCUT2D eigenvalue weighted by atomic mass is 9.96. The minimum Gasteiger partial charge on any atom is -0.277 e. The van der Waals surface area contributed by atoms with E-state index in [2.05, 4.69) is 9.97 Å². The molecule has 1 atom stereocenters. The Labute approximate surface area is 122 Å². The number of alkyl halides is 2. The van der Waals surface area contributed by atoms with Gasteiger partial charge in [0.15, 0.2) is 4.34 Å². The van der Waals surface area contributed by atoms with Crippen molar-refractivity contribution in [3.63, 3.8) is 0 Å². The predicted molar refractivity (Wildman–Crippen MR) is 74.4 cm³/mol. The molecule has 20 heavy (non-hydrogen) atoms. The third-order valence-electron chi connectivity index (χ3n) is 2.64. The topological polar surface area (TPSA) is 47.8 Å². The summed E-state index contributed by atoms with van der Waals surface area (Å²) in [6.07, 6.45) is 4.15. The van der Waals surface area contributed by atoms with Crippen molar-refractivity contribution < 1.29 is 13.0 Å². The zero-order valence-electron chi connectivity index (χ0n) is 11.3. The first-order chi connectivity index (χ1) is 9.29. The van der Waals surface area contributed by atoms with Crippen LogP contribution in [0.2, 0.25) is 0 Å². The first-order valence-corrected chi connectivity index (χ1v) is 8.07. The number of aromatic nitrogens is 3. The zero-order valence-corrected chi connectivity index (χ0v) is 13.0. The average Bonchev–Trinajstić information content (AvgIpc) is 2.95. The van der Waals surface area contributed by atoms with E-state index in [0.717, 1.165) is 9.44 Å². The van der Waals surface area contributed by atoms with Crippen LogP contribution in [0.5, 0.6) is 0 Å². The van der Waals surface area contributed by atoms with Crippen LogP contribution in [-0.2, 0) is 22.0 Å². The highest BCUT2D eigenvalue weighted by Crippen LogP contribution is 2.29. The molecule has 0 saturated carbocycles. The number of halogens is 2. The van der Waals surface area contributed by atoms with E-state index < -0.39 is 17.3 Å². The van der Waals surface area contributed by atoms with Crippen LogP contribution in [0.25, 0.3) is 0 Å². The largest absolute Gasteiger partial charge is 0.319 e. The van der Waals surface area contributed by atoms with Gasteiger partial charge in [0.25, 0.3) is 0 Å². The molecule has 0 saturated heterocycles. The molecule has 0 spiro atoms. The van der Waals surface area contributed by atoms with Gasteiger partial charge in [-0.15, -0.1) is 11.3 Å². The molecule has 2 aromatic rings. The molecule has 2 aromatic heterocycles. The van der Waals surface area contributed by atoms with E-state index in [-0.39, 0.29) is 17.0 Å². The summed E-state index contributed by atoms with van der Waals surface area (Å²) < 4.78 is 38.7. The van der Waals surface area contributed by atoms with E-state index in [1.165, 1.54) is 23.7 Å². The number of imidazole rings is 1. The molecule has 2 heterocycles. The fraction of sp³-hybridized carbons (Fsp3) is 0.500. The number of thiazole rings is 1. The van der Waals surface area contributed by atoms with Crippen LogP contribution in [0.15, 0.2) is 22.9 Å². The van der Waals surface area contributed by atoms with Crippen LogP contribution in [0.4, 0.5) is 8.78 Å². The molecule has 4 nitrogen and oxygen atoms in total. The Balaban J connectivity index is 2.16. The Hall–Kier alpha value is -1.15. The fourth-order valence-electron chi connectivity index (χ4n) is 1.52. The van der Waals surface area contributed by atoms with Gasteiger partial charge in [0.05, 0.1) is 16.6 Å². The van der Waals surface area contributed by atoms with Crippen molar-refractivity contribution in [1.82, 2.24) is 14.5 Å². The lowest BCUT2D eigenvalue weighted by molar-refractivity contribution is 0.0677. The lowest BCUT2D eigenvalue weighted by Gasteiger charge is -2.14. The Bertz CT molecular complexity index is 616. The summed E-state index contributed by atoms with van der Waals surface area (Å²) in [5.74, 6) is 0.0416. The van der Waals surface area contributed by atoms with Crippen LogP contribution in [0.1, 0.15) is 38.0 Å². The SMILES string of the molecule is CC(C)(C)c1cnc([S@](=O)Cc2nccn2C(F)F)s1. The number of hydrogen-bond donors (Lipinski definition) is 0. The first kappa shape index (κ1) is 15.2. The van der Waals surface area contributed by atoms with E-state index >= 15 is 0 Å². The Morgan fingerprint density at radius 1 is 1.40 bits per heavy atom. The van der Waals surface area contributed by atoms with Crippen LogP contribution in [-0.4, -0.2) is 18.7 Å². The minimum absolute atomic E-state index is 0.0611. The monoisotopic (exact) mass is 319 g/mol. The van der Waals surface area contributed by atoms with E-state index in [1.807, 2.05) is 20.8 Å². The smallest absolute Gasteiger partial charge is 0.277 e. The number of rotatable bonds is 4. The molecular formula is C12H15F2N3OS2. The van der Waals surface area contributed by atoms with Crippen LogP contribution >= 0.6 is 11.3 Å². The van der Waals surface area contributed by atoms with Crippen molar-refractivity contribution in [2.45, 2.75) is 42.8 Å². The molecule has 8 heteroatoms. The molecule has 0 aliphatic carbocycles. The van der Waals surface area contributed by atoms with E-state index in [0.29, 0.717) is 4.34 Å². The second-order valence-electron chi connectivity index (χ2n) is 5.26. The quantitative estimate of drug-likeness (QED) is 0.868. The highest BCUT2D eigenvalue weighted by Gasteiger charge is 2.21. The minimum atomic E-state index is -2.68. The zero-order chi connectivity index (χ0) is 14.9. The summed E-state index contributed by atoms with van der Waals surface area (Å²) in [6.45, 7) is 3.44. The van der Waals surface area contributed by atoms with Gasteiger partial charge in [-0.1, -0.05) is 20.8 Å². The highest BCUT2D eigenvalue weighted by atomic mass is 32.2. The molecule has 110 valence electrons. The molecule has 0 bridgehead atoms. The first-order valence-electron chi connectivity index (χ1n) is 5.93. The van der Waals surface area contributed by atoms with E-state index in [1.54, 1.807) is 6.20 Å². The summed E-state index contributed by atoms with van der Waals surface area (Å²) in [4.78, 5) is 8.97. The Morgan fingerprint density at radius 3 is 2.65 bits per heavy atom. The van der Waals surface area contributed by atoms with Crippen molar-refractivity contribution in [2.75, 3.05) is 0 Å². The van der Waals surface area contributed by atoms with Crippen molar-refractivity contribution >= 4 is 22.1 Å². The van der Waals surface area contributed by atoms with Gasteiger partial charge in [-0.2, -0.15) is 8.78 Å². The van der Waals surface area contributed by atoms with Crippen molar-refractivity contribution in [3.05, 3.63) is 29.3 Å². The number of nitrogens with zero attached hydrogens (tertiary/aromatic N) is 3. The number of hydrogen-bond acceptors (Lipinski definition) is 4. The van der Waals surface area contributed by atoms with E-state index in [9.17, 15) is 13.0 Å². The summed E-state index contributed by atoms with van der Waals surface area (Å²) in [6, 6.07) is 0. The van der Waals surface area contributed by atoms with Crippen LogP contribution < -0.4 is 0 Å². The molecule has 0 N–H and O–H groups in total. The molecule has 0 fully saturated rings. The van der Waals surface area contributed by atoms with Gasteiger partial charge in [0.2, 0.25) is 0 Å². The summed E-state index contributed by atoms with van der Waals surface area (Å²) in [5.41, 5.74) is -0.0679. The normalized spacial score (nSPS) is 13.9. The summed E-state index contributed by atoms with van der Waals surface area (Å²) >= 11 is 1.35. The molecule has 2 rings (SSSR count). The fourth-order valence-corrected chi connectivity index (χ4v) is 3.80. The Morgan fingerprint density at radius 2 is 2.10 bits per heavy atom. The summed E-state index contributed by atoms with van der Waals surface area (Å²) in [7, 11) is -1.46. The molecule has 0 unspecified atom stereocenters. The van der Waals surface area contributed by atoms with Crippen LogP contribution in [0.3, 0.4) is 0 Å². The maximum absolute atomic E-state index is 12.7. The maximum atomic E-state index is 12.7. The third kappa shape index (κ3) is 3.29. The van der Waals surface area contributed by atoms with Gasteiger partial charge in [-0.05, 0) is 5.41 Å². The van der Waals surface area contributed by atoms with Gasteiger partial charge in [-0.25, -0.2) is 9.97 Å². The maximum Gasteiger partial charge on any atom is 0.319 e. The molecule has 0 amide bonds. The van der Waals surface area contributed by atoms with Gasteiger partial charge in [0, 0.05) is 23.5 Å². The highest BCUT2D eigenvalue weighted by molar-refractivity contribution is 7.86. The molecule has 0 aliphatic rings. The second kappa shape index (κ2) is 5.69. The van der Waals surface area contributed by atoms with Crippen molar-refractivity contribution in [1.29, 1.82) is 0 Å². The lowest BCUT2D eigenvalue weighted by Crippen LogP contribution is -2.08. The molecule has 0 radical (unpaired) electrons. The third-order valence-corrected chi connectivity index (χ3v) is 5.68. The van der Waals surface area contributed by atoms with Crippen molar-refractivity contribution in [2.24, 2.45) is 0 Å². The molecule has 0 aromatic carbocycles. The van der Waals surface area contributed by atoms with Gasteiger partial charge >= 0.3 is 6.55 Å². The molecular weight excluding hydrogens is 304 g/mol. The van der Waals surface area contributed by atoms with Crippen LogP contribution in [0, 0.1) is 0 Å². The second-order valence-corrected chi connectivity index (χ2v) is 7.91. The Kier molecular flexibility index (Phi) is 4.33. The van der Waals surface area contributed by atoms with Gasteiger partial charge in [0.1, 0.15) is 5.82 Å². The standard InChI is InChI=1S/C12H15F2N3OS2/c1-12(2,3)8-6-16-11(19-8)20(18)7-9-15-4-5-17(9)10(13)14/h4-6,10H,7H2,1-3H3/t20-/m1/s1. The van der Waals surface area contributed by atoms with Crippen molar-refractivity contribution in [3.8, 4) is 0 Å². The average molecular weight is 319 g/mol. The van der Waals surface area contributed by atoms with Gasteiger partial charge in [-0.3, -0.25) is 8.78 Å². The summed E-state index contributed by atoms with van der Waals surface area (Å²) in [5, 5.41) is 0.